The van der Waals surface area contributed by atoms with E-state index in [0.717, 1.165) is 16.3 Å². The van der Waals surface area contributed by atoms with Crippen molar-refractivity contribution in [3.63, 3.8) is 0 Å². The van der Waals surface area contributed by atoms with E-state index in [9.17, 15) is 8.42 Å². The highest BCUT2D eigenvalue weighted by Gasteiger charge is 2.49. The molecule has 0 aromatic heterocycles. The van der Waals surface area contributed by atoms with E-state index < -0.39 is 16.1 Å². The SMILES string of the molecule is O=S(=O)(N[C@H]1CO[C@H]2[C@@H]1OC[C@H]2OCc1ccccc1)c1ccc2ccccc2c1. The van der Waals surface area contributed by atoms with Crippen LogP contribution in [0.5, 0.6) is 0 Å². The first kappa shape index (κ1) is 19.7. The zero-order valence-electron chi connectivity index (χ0n) is 16.3. The van der Waals surface area contributed by atoms with Crippen molar-refractivity contribution in [2.75, 3.05) is 13.2 Å². The Kier molecular flexibility index (Phi) is 5.30. The van der Waals surface area contributed by atoms with Crippen LogP contribution in [0.1, 0.15) is 5.56 Å². The summed E-state index contributed by atoms with van der Waals surface area (Å²) in [6, 6.07) is 22.3. The van der Waals surface area contributed by atoms with Gasteiger partial charge in [-0.05, 0) is 28.5 Å². The van der Waals surface area contributed by atoms with Crippen molar-refractivity contribution in [3.8, 4) is 0 Å². The van der Waals surface area contributed by atoms with Crippen molar-refractivity contribution in [2.45, 2.75) is 35.9 Å². The molecule has 2 saturated heterocycles. The molecular formula is C23H23NO5S. The van der Waals surface area contributed by atoms with Crippen molar-refractivity contribution in [3.05, 3.63) is 78.4 Å². The predicted octanol–water partition coefficient (Wildman–Crippen LogP) is 2.87. The van der Waals surface area contributed by atoms with Crippen molar-refractivity contribution >= 4 is 20.8 Å². The molecule has 2 aliphatic rings. The number of hydrogen-bond donors (Lipinski definition) is 1. The number of benzene rings is 3. The Balaban J connectivity index is 1.26. The van der Waals surface area contributed by atoms with Gasteiger partial charge in [-0.25, -0.2) is 13.1 Å². The molecule has 3 aromatic carbocycles. The second-order valence-corrected chi connectivity index (χ2v) is 9.38. The first-order valence-electron chi connectivity index (χ1n) is 10.00. The molecule has 2 fully saturated rings. The van der Waals surface area contributed by atoms with Crippen LogP contribution in [0, 0.1) is 0 Å². The second kappa shape index (κ2) is 8.09. The first-order chi connectivity index (χ1) is 14.6. The summed E-state index contributed by atoms with van der Waals surface area (Å²) in [5, 5.41) is 1.88. The molecular weight excluding hydrogens is 402 g/mol. The Morgan fingerprint density at radius 3 is 2.43 bits per heavy atom. The summed E-state index contributed by atoms with van der Waals surface area (Å²) in [4.78, 5) is 0.236. The molecule has 0 radical (unpaired) electrons. The molecule has 30 heavy (non-hydrogen) atoms. The molecule has 7 heteroatoms. The number of rotatable bonds is 6. The molecule has 0 unspecified atom stereocenters. The summed E-state index contributed by atoms with van der Waals surface area (Å²) in [5.41, 5.74) is 1.08. The van der Waals surface area contributed by atoms with Crippen molar-refractivity contribution in [1.82, 2.24) is 4.72 Å². The van der Waals surface area contributed by atoms with E-state index in [2.05, 4.69) is 4.72 Å². The lowest BCUT2D eigenvalue weighted by atomic mass is 10.1. The maximum atomic E-state index is 13.0. The van der Waals surface area contributed by atoms with Gasteiger partial charge in [0.2, 0.25) is 10.0 Å². The average Bonchev–Trinajstić information content (AvgIpc) is 3.35. The van der Waals surface area contributed by atoms with Gasteiger partial charge in [-0.2, -0.15) is 0 Å². The van der Waals surface area contributed by atoms with E-state index in [4.69, 9.17) is 14.2 Å². The number of fused-ring (bicyclic) bond motifs is 2. The standard InChI is InChI=1S/C23H23NO5S/c25-30(26,19-11-10-17-8-4-5-9-18(17)12-19)24-20-14-28-23-21(15-29-22(20)23)27-13-16-6-2-1-3-7-16/h1-12,20-24H,13-15H2/t20-,21+,22+,23+/m0/s1. The van der Waals surface area contributed by atoms with Gasteiger partial charge in [0.25, 0.3) is 0 Å². The molecule has 5 rings (SSSR count). The fraction of sp³-hybridized carbons (Fsp3) is 0.304. The quantitative estimate of drug-likeness (QED) is 0.657. The predicted molar refractivity (Wildman–Crippen MR) is 113 cm³/mol. The molecule has 2 heterocycles. The lowest BCUT2D eigenvalue weighted by Gasteiger charge is -2.18. The fourth-order valence-electron chi connectivity index (χ4n) is 4.09. The Hall–Kier alpha value is -2.29. The van der Waals surface area contributed by atoms with E-state index in [0.29, 0.717) is 13.2 Å². The Morgan fingerprint density at radius 2 is 1.60 bits per heavy atom. The Labute approximate surface area is 175 Å². The maximum absolute atomic E-state index is 13.0. The molecule has 4 atom stereocenters. The van der Waals surface area contributed by atoms with Crippen LogP contribution in [-0.4, -0.2) is 46.0 Å². The van der Waals surface area contributed by atoms with Crippen LogP contribution in [-0.2, 0) is 30.8 Å². The molecule has 6 nitrogen and oxygen atoms in total. The number of nitrogens with one attached hydrogen (secondary N) is 1. The summed E-state index contributed by atoms with van der Waals surface area (Å²) >= 11 is 0. The molecule has 156 valence electrons. The van der Waals surface area contributed by atoms with Gasteiger partial charge < -0.3 is 14.2 Å². The summed E-state index contributed by atoms with van der Waals surface area (Å²) in [6.07, 6.45) is -0.857. The van der Waals surface area contributed by atoms with Gasteiger partial charge in [0.05, 0.1) is 30.8 Å². The van der Waals surface area contributed by atoms with E-state index in [1.54, 1.807) is 12.1 Å². The minimum absolute atomic E-state index is 0.217. The highest BCUT2D eigenvalue weighted by atomic mass is 32.2. The minimum atomic E-state index is -3.70. The van der Waals surface area contributed by atoms with Crippen LogP contribution in [0.4, 0.5) is 0 Å². The Morgan fingerprint density at radius 1 is 0.867 bits per heavy atom. The van der Waals surface area contributed by atoms with Crippen molar-refractivity contribution in [1.29, 1.82) is 0 Å². The third-order valence-electron chi connectivity index (χ3n) is 5.65. The monoisotopic (exact) mass is 425 g/mol. The van der Waals surface area contributed by atoms with Gasteiger partial charge in [0, 0.05) is 0 Å². The van der Waals surface area contributed by atoms with Gasteiger partial charge in [-0.15, -0.1) is 0 Å². The number of ether oxygens (including phenoxy) is 3. The van der Waals surface area contributed by atoms with Crippen LogP contribution < -0.4 is 4.72 Å². The molecule has 0 amide bonds. The molecule has 0 aliphatic carbocycles. The van der Waals surface area contributed by atoms with E-state index in [-0.39, 0.29) is 29.8 Å². The zero-order valence-corrected chi connectivity index (χ0v) is 17.1. The number of sulfonamides is 1. The fourth-order valence-corrected chi connectivity index (χ4v) is 5.35. The van der Waals surface area contributed by atoms with Gasteiger partial charge in [-0.1, -0.05) is 60.7 Å². The maximum Gasteiger partial charge on any atom is 0.241 e. The second-order valence-electron chi connectivity index (χ2n) is 7.67. The molecule has 0 spiro atoms. The van der Waals surface area contributed by atoms with Crippen LogP contribution in [0.2, 0.25) is 0 Å². The van der Waals surface area contributed by atoms with Crippen molar-refractivity contribution in [2.24, 2.45) is 0 Å². The minimum Gasteiger partial charge on any atom is -0.371 e. The largest absolute Gasteiger partial charge is 0.371 e. The first-order valence-corrected chi connectivity index (χ1v) is 11.5. The van der Waals surface area contributed by atoms with Crippen molar-refractivity contribution < 1.29 is 22.6 Å². The highest BCUT2D eigenvalue weighted by molar-refractivity contribution is 7.89. The van der Waals surface area contributed by atoms with Gasteiger partial charge in [-0.3, -0.25) is 0 Å². The van der Waals surface area contributed by atoms with Gasteiger partial charge in [0.1, 0.15) is 18.3 Å². The van der Waals surface area contributed by atoms with Crippen LogP contribution in [0.15, 0.2) is 77.7 Å². The highest BCUT2D eigenvalue weighted by Crippen LogP contribution is 2.30. The van der Waals surface area contributed by atoms with Gasteiger partial charge >= 0.3 is 0 Å². The molecule has 0 saturated carbocycles. The smallest absolute Gasteiger partial charge is 0.241 e. The van der Waals surface area contributed by atoms with E-state index >= 15 is 0 Å². The van der Waals surface area contributed by atoms with Crippen LogP contribution >= 0.6 is 0 Å². The normalized spacial score (nSPS) is 26.1. The van der Waals surface area contributed by atoms with Gasteiger partial charge in [0.15, 0.2) is 0 Å². The van der Waals surface area contributed by atoms with E-state index in [1.165, 1.54) is 0 Å². The summed E-state index contributed by atoms with van der Waals surface area (Å²) in [7, 11) is -3.70. The molecule has 3 aromatic rings. The Bertz CT molecular complexity index is 1130. The van der Waals surface area contributed by atoms with Crippen LogP contribution in [0.25, 0.3) is 10.8 Å². The molecule has 0 bridgehead atoms. The lowest BCUT2D eigenvalue weighted by molar-refractivity contribution is -0.0391. The summed E-state index contributed by atoms with van der Waals surface area (Å²) in [5.74, 6) is 0. The zero-order chi connectivity index (χ0) is 20.6. The number of hydrogen-bond acceptors (Lipinski definition) is 5. The third kappa shape index (κ3) is 3.87. The van der Waals surface area contributed by atoms with Crippen LogP contribution in [0.3, 0.4) is 0 Å². The van der Waals surface area contributed by atoms with E-state index in [1.807, 2.05) is 60.7 Å². The average molecular weight is 426 g/mol. The summed E-state index contributed by atoms with van der Waals surface area (Å²) < 4.78 is 46.4. The third-order valence-corrected chi connectivity index (χ3v) is 7.14. The lowest BCUT2D eigenvalue weighted by Crippen LogP contribution is -2.44. The topological polar surface area (TPSA) is 73.9 Å². The molecule has 2 aliphatic heterocycles. The summed E-state index contributed by atoms with van der Waals surface area (Å²) in [6.45, 7) is 1.11. The molecule has 1 N–H and O–H groups in total.